The molecule has 0 fully saturated rings. The summed E-state index contributed by atoms with van der Waals surface area (Å²) in [5.74, 6) is 0. The molecular weight excluding hydrogens is 826 g/mol. The highest BCUT2D eigenvalue weighted by atomic mass is 32.1. The SMILES string of the molecule is C[C@@H](O[Si](c1ccccc1)(c1ccccc1)C(C)(C)C)[C@@H](C[P+](Cc1ccccc1)(c1ccccc1)c1ccccc1)NC(=S)Nc1cc(C(F)(F)F)cc(C(F)(F)F)c1. The monoisotopic (exact) mass is 873 g/mol. The maximum atomic E-state index is 14.0. The van der Waals surface area contributed by atoms with Gasteiger partial charge >= 0.3 is 12.4 Å². The number of nitrogens with one attached hydrogen (secondary N) is 2. The minimum atomic E-state index is -5.03. The van der Waals surface area contributed by atoms with Crippen molar-refractivity contribution in [3.63, 3.8) is 0 Å². The lowest BCUT2D eigenvalue weighted by atomic mass is 10.1. The predicted molar refractivity (Wildman–Crippen MR) is 242 cm³/mol. The van der Waals surface area contributed by atoms with Crippen molar-refractivity contribution >= 4 is 59.6 Å². The van der Waals surface area contributed by atoms with Gasteiger partial charge in [-0.25, -0.2) is 0 Å². The van der Waals surface area contributed by atoms with Crippen LogP contribution in [0.2, 0.25) is 5.04 Å². The quantitative estimate of drug-likeness (QED) is 0.0524. The zero-order valence-electron chi connectivity index (χ0n) is 33.8. The van der Waals surface area contributed by atoms with Gasteiger partial charge in [0.1, 0.15) is 0 Å². The fraction of sp³-hybridized carbons (Fsp3) is 0.229. The molecule has 6 aromatic rings. The molecule has 6 rings (SSSR count). The molecule has 0 heterocycles. The molecule has 0 bridgehead atoms. The third kappa shape index (κ3) is 10.2. The zero-order chi connectivity index (χ0) is 43.2. The van der Waals surface area contributed by atoms with E-state index < -0.39 is 61.9 Å². The van der Waals surface area contributed by atoms with Crippen LogP contribution in [0.25, 0.3) is 0 Å². The fourth-order valence-corrected chi connectivity index (χ4v) is 17.6. The molecule has 0 aromatic heterocycles. The summed E-state index contributed by atoms with van der Waals surface area (Å²) in [6, 6.07) is 51.8. The molecule has 3 nitrogen and oxygen atoms in total. The van der Waals surface area contributed by atoms with Crippen LogP contribution >= 0.6 is 19.5 Å². The molecule has 2 N–H and O–H groups in total. The van der Waals surface area contributed by atoms with Crippen LogP contribution < -0.4 is 31.6 Å². The Balaban J connectivity index is 1.53. The summed E-state index contributed by atoms with van der Waals surface area (Å²) < 4.78 is 91.4. The molecule has 0 aliphatic rings. The third-order valence-electron chi connectivity index (χ3n) is 10.8. The van der Waals surface area contributed by atoms with Crippen LogP contribution in [0.4, 0.5) is 32.0 Å². The van der Waals surface area contributed by atoms with Crippen molar-refractivity contribution in [2.45, 2.75) is 63.4 Å². The highest BCUT2D eigenvalue weighted by molar-refractivity contribution is 7.89. The zero-order valence-corrected chi connectivity index (χ0v) is 36.5. The highest BCUT2D eigenvalue weighted by Crippen LogP contribution is 2.60. The Bertz CT molecular complexity index is 2200. The first-order valence-electron chi connectivity index (χ1n) is 19.6. The van der Waals surface area contributed by atoms with Gasteiger partial charge in [0.25, 0.3) is 8.32 Å². The van der Waals surface area contributed by atoms with Gasteiger partial charge in [0.05, 0.1) is 53.5 Å². The normalized spacial score (nSPS) is 13.6. The van der Waals surface area contributed by atoms with Crippen LogP contribution in [0.15, 0.2) is 170 Å². The molecule has 2 atom stereocenters. The fourth-order valence-electron chi connectivity index (χ4n) is 7.99. The second kappa shape index (κ2) is 18.4. The van der Waals surface area contributed by atoms with Crippen LogP contribution in [-0.4, -0.2) is 31.7 Å². The van der Waals surface area contributed by atoms with Crippen LogP contribution in [0.5, 0.6) is 0 Å². The Labute approximate surface area is 355 Å². The third-order valence-corrected chi connectivity index (χ3v) is 20.7. The second-order valence-corrected chi connectivity index (χ2v) is 24.3. The smallest absolute Gasteiger partial charge is 0.403 e. The van der Waals surface area contributed by atoms with Crippen molar-refractivity contribution in [3.8, 4) is 0 Å². The Morgan fingerprint density at radius 2 is 1.02 bits per heavy atom. The maximum absolute atomic E-state index is 14.0. The molecule has 0 saturated carbocycles. The summed E-state index contributed by atoms with van der Waals surface area (Å²) in [6.45, 7) is 8.51. The van der Waals surface area contributed by atoms with Crippen molar-refractivity contribution in [1.82, 2.24) is 5.32 Å². The number of hydrogen-bond donors (Lipinski definition) is 2. The van der Waals surface area contributed by atoms with E-state index >= 15 is 0 Å². The van der Waals surface area contributed by atoms with Crippen molar-refractivity contribution in [3.05, 3.63) is 187 Å². The molecule has 0 aliphatic heterocycles. The van der Waals surface area contributed by atoms with Crippen LogP contribution in [0, 0.1) is 0 Å². The Kier molecular flexibility index (Phi) is 13.8. The Morgan fingerprint density at radius 3 is 1.42 bits per heavy atom. The van der Waals surface area contributed by atoms with Crippen molar-refractivity contribution in [2.24, 2.45) is 0 Å². The van der Waals surface area contributed by atoms with Gasteiger partial charge in [0.2, 0.25) is 0 Å². The molecule has 12 heteroatoms. The van der Waals surface area contributed by atoms with E-state index in [0.29, 0.717) is 24.5 Å². The molecule has 0 aliphatic carbocycles. The van der Waals surface area contributed by atoms with Gasteiger partial charge in [0.15, 0.2) is 5.11 Å². The number of alkyl halides is 6. The van der Waals surface area contributed by atoms with Crippen molar-refractivity contribution in [2.75, 3.05) is 11.5 Å². The first-order valence-corrected chi connectivity index (χ1v) is 24.1. The summed E-state index contributed by atoms with van der Waals surface area (Å²) in [4.78, 5) is 0. The summed E-state index contributed by atoms with van der Waals surface area (Å²) >= 11 is 5.84. The van der Waals surface area contributed by atoms with E-state index in [9.17, 15) is 26.3 Å². The average molecular weight is 874 g/mol. The number of benzene rings is 6. The van der Waals surface area contributed by atoms with Gasteiger partial charge in [-0.1, -0.05) is 148 Å². The summed E-state index contributed by atoms with van der Waals surface area (Å²) in [5.41, 5.74) is -2.21. The number of thiocarbonyl (C=S) groups is 1. The van der Waals surface area contributed by atoms with Gasteiger partial charge < -0.3 is 15.1 Å². The van der Waals surface area contributed by atoms with Gasteiger partial charge in [-0.15, -0.1) is 0 Å². The van der Waals surface area contributed by atoms with Gasteiger partial charge in [-0.05, 0) is 82.6 Å². The first kappa shape index (κ1) is 44.7. The van der Waals surface area contributed by atoms with E-state index in [1.165, 1.54) is 0 Å². The van der Waals surface area contributed by atoms with E-state index in [1.54, 1.807) is 0 Å². The first-order chi connectivity index (χ1) is 28.4. The number of hydrogen-bond acceptors (Lipinski definition) is 2. The number of rotatable bonds is 13. The van der Waals surface area contributed by atoms with Gasteiger partial charge in [-0.3, -0.25) is 0 Å². The van der Waals surface area contributed by atoms with E-state index in [4.69, 9.17) is 16.6 Å². The Hall–Kier alpha value is -4.80. The summed E-state index contributed by atoms with van der Waals surface area (Å²) in [7, 11) is -5.70. The van der Waals surface area contributed by atoms with E-state index in [2.05, 4.69) is 92.1 Å². The highest BCUT2D eigenvalue weighted by Gasteiger charge is 2.53. The topological polar surface area (TPSA) is 33.3 Å². The molecule has 6 aromatic carbocycles. The largest absolute Gasteiger partial charge is 0.416 e. The lowest BCUT2D eigenvalue weighted by Crippen LogP contribution is -2.69. The molecule has 0 saturated heterocycles. The summed E-state index contributed by atoms with van der Waals surface area (Å²) in [5, 5.41) is 9.94. The van der Waals surface area contributed by atoms with Gasteiger partial charge in [0, 0.05) is 5.69 Å². The Morgan fingerprint density at radius 1 is 0.617 bits per heavy atom. The summed E-state index contributed by atoms with van der Waals surface area (Å²) in [6.07, 6.45) is -9.53. The second-order valence-electron chi connectivity index (χ2n) is 16.0. The van der Waals surface area contributed by atoms with Crippen molar-refractivity contribution < 1.29 is 30.8 Å². The van der Waals surface area contributed by atoms with Crippen LogP contribution in [0.3, 0.4) is 0 Å². The van der Waals surface area contributed by atoms with E-state index in [0.717, 1.165) is 26.5 Å². The van der Waals surface area contributed by atoms with Crippen LogP contribution in [-0.2, 0) is 22.9 Å². The molecule has 0 amide bonds. The standard InChI is InChI=1S/C48H47F6N2OPSSi/c1-35(57-60(46(2,3)4,42-26-16-8-17-27-42)43-28-18-9-19-29-43)44(56-45(59)55-39-31-37(47(49,50)51)30-38(32-39)48(52,53)54)34-58(40-22-12-6-13-23-40,41-24-14-7-15-25-41)33-36-20-10-5-11-21-36/h5-32,35,44H,33-34H2,1-4H3,(H-,55,56,59)/p+1/t35-,44-/m1/s1. The average Bonchev–Trinajstić information content (AvgIpc) is 3.22. The lowest BCUT2D eigenvalue weighted by Gasteiger charge is -2.46. The maximum Gasteiger partial charge on any atom is 0.416 e. The van der Waals surface area contributed by atoms with Crippen LogP contribution in [0.1, 0.15) is 44.4 Å². The molecule has 60 heavy (non-hydrogen) atoms. The molecular formula is C48H48F6N2OPSSi+. The van der Waals surface area contributed by atoms with Crippen molar-refractivity contribution in [1.29, 1.82) is 0 Å². The van der Waals surface area contributed by atoms with E-state index in [1.807, 2.05) is 97.9 Å². The lowest BCUT2D eigenvalue weighted by molar-refractivity contribution is -0.143. The minimum absolute atomic E-state index is 0.104. The molecule has 0 unspecified atom stereocenters. The molecule has 312 valence electrons. The predicted octanol–water partition coefficient (Wildman–Crippen LogP) is 11.2. The minimum Gasteiger partial charge on any atom is -0.403 e. The molecule has 0 spiro atoms. The number of halogens is 6. The van der Waals surface area contributed by atoms with Gasteiger partial charge in [-0.2, -0.15) is 26.3 Å². The molecule has 0 radical (unpaired) electrons. The number of anilines is 1. The van der Waals surface area contributed by atoms with E-state index in [-0.39, 0.29) is 11.2 Å².